The van der Waals surface area contributed by atoms with E-state index in [0.29, 0.717) is 5.76 Å². The average Bonchev–Trinajstić information content (AvgIpc) is 3.29. The summed E-state index contributed by atoms with van der Waals surface area (Å²) in [5.74, 6) is 2.04. The normalized spacial score (nSPS) is 22.4. The van der Waals surface area contributed by atoms with Crippen molar-refractivity contribution < 1.29 is 9.21 Å². The number of anilines is 1. The van der Waals surface area contributed by atoms with Gasteiger partial charge in [-0.1, -0.05) is 18.2 Å². The second kappa shape index (κ2) is 7.17. The number of para-hydroxylation sites is 1. The van der Waals surface area contributed by atoms with Gasteiger partial charge in [0.25, 0.3) is 5.91 Å². The lowest BCUT2D eigenvalue weighted by Gasteiger charge is -2.38. The maximum atomic E-state index is 12.9. The monoisotopic (exact) mass is 390 g/mol. The minimum Gasteiger partial charge on any atom is -0.456 e. The smallest absolute Gasteiger partial charge is 0.289 e. The minimum atomic E-state index is 0.00153. The molecule has 29 heavy (non-hydrogen) atoms. The highest BCUT2D eigenvalue weighted by Crippen LogP contribution is 2.40. The summed E-state index contributed by atoms with van der Waals surface area (Å²) in [6.45, 7) is 4.35. The van der Waals surface area contributed by atoms with Gasteiger partial charge in [-0.25, -0.2) is 9.97 Å². The second-order valence-electron chi connectivity index (χ2n) is 8.26. The Morgan fingerprint density at radius 3 is 2.69 bits per heavy atom. The third kappa shape index (κ3) is 3.26. The number of hydrogen-bond acceptors (Lipinski definition) is 5. The van der Waals surface area contributed by atoms with E-state index in [2.05, 4.69) is 4.90 Å². The number of rotatable bonds is 2. The number of aryl methyl sites for hydroxylation is 1. The van der Waals surface area contributed by atoms with Crippen LogP contribution in [0.4, 0.5) is 5.95 Å². The van der Waals surface area contributed by atoms with Crippen LogP contribution in [0.25, 0.3) is 10.9 Å². The first-order valence-corrected chi connectivity index (χ1v) is 10.5. The van der Waals surface area contributed by atoms with Crippen LogP contribution in [0.5, 0.6) is 0 Å². The van der Waals surface area contributed by atoms with Crippen molar-refractivity contribution in [1.82, 2.24) is 14.9 Å². The fourth-order valence-electron chi connectivity index (χ4n) is 4.95. The highest BCUT2D eigenvalue weighted by Gasteiger charge is 2.43. The van der Waals surface area contributed by atoms with E-state index in [-0.39, 0.29) is 11.4 Å². The molecule has 3 aromatic rings. The zero-order valence-corrected chi connectivity index (χ0v) is 16.8. The van der Waals surface area contributed by atoms with Crippen LogP contribution in [-0.4, -0.2) is 45.9 Å². The van der Waals surface area contributed by atoms with Crippen molar-refractivity contribution in [2.24, 2.45) is 0 Å². The first kappa shape index (κ1) is 18.2. The van der Waals surface area contributed by atoms with E-state index in [4.69, 9.17) is 14.4 Å². The van der Waals surface area contributed by atoms with Gasteiger partial charge < -0.3 is 14.2 Å². The molecule has 6 nitrogen and oxygen atoms in total. The number of fused-ring (bicyclic) bond motifs is 1. The molecule has 1 atom stereocenters. The van der Waals surface area contributed by atoms with Crippen molar-refractivity contribution in [1.29, 1.82) is 0 Å². The molecule has 5 rings (SSSR count). The number of furan rings is 1. The van der Waals surface area contributed by atoms with Gasteiger partial charge in [0, 0.05) is 36.8 Å². The van der Waals surface area contributed by atoms with Crippen molar-refractivity contribution in [3.05, 3.63) is 54.1 Å². The molecule has 1 aromatic carbocycles. The van der Waals surface area contributed by atoms with Gasteiger partial charge in [0.2, 0.25) is 5.95 Å². The van der Waals surface area contributed by atoms with Gasteiger partial charge >= 0.3 is 0 Å². The minimum absolute atomic E-state index is 0.00153. The number of carbonyl (C=O) groups excluding carboxylic acids is 1. The van der Waals surface area contributed by atoms with E-state index in [1.165, 1.54) is 0 Å². The quantitative estimate of drug-likeness (QED) is 0.656. The van der Waals surface area contributed by atoms with Crippen molar-refractivity contribution >= 4 is 22.8 Å². The summed E-state index contributed by atoms with van der Waals surface area (Å²) >= 11 is 0. The van der Waals surface area contributed by atoms with Crippen LogP contribution in [-0.2, 0) is 0 Å². The molecular formula is C23H26N4O2. The number of carbonyl (C=O) groups is 1. The molecule has 1 amide bonds. The van der Waals surface area contributed by atoms with Crippen LogP contribution in [0, 0.1) is 6.92 Å². The third-order valence-electron chi connectivity index (χ3n) is 6.47. The Morgan fingerprint density at radius 2 is 1.86 bits per heavy atom. The third-order valence-corrected chi connectivity index (χ3v) is 6.47. The lowest BCUT2D eigenvalue weighted by Crippen LogP contribution is -2.46. The Hall–Kier alpha value is -2.89. The first-order chi connectivity index (χ1) is 14.1. The molecule has 2 aliphatic rings. The predicted molar refractivity (Wildman–Crippen MR) is 112 cm³/mol. The van der Waals surface area contributed by atoms with Crippen LogP contribution in [0.3, 0.4) is 0 Å². The zero-order chi connectivity index (χ0) is 19.8. The summed E-state index contributed by atoms with van der Waals surface area (Å²) in [4.78, 5) is 26.8. The van der Waals surface area contributed by atoms with E-state index in [1.54, 1.807) is 6.07 Å². The first-order valence-electron chi connectivity index (χ1n) is 10.5. The van der Waals surface area contributed by atoms with Gasteiger partial charge in [0.1, 0.15) is 5.76 Å². The zero-order valence-electron chi connectivity index (χ0n) is 16.8. The molecule has 1 spiro atoms. The topological polar surface area (TPSA) is 62.5 Å². The molecule has 0 bridgehead atoms. The second-order valence-corrected chi connectivity index (χ2v) is 8.26. The predicted octanol–water partition coefficient (Wildman–Crippen LogP) is 4.20. The lowest BCUT2D eigenvalue weighted by atomic mass is 9.88. The Morgan fingerprint density at radius 1 is 1.03 bits per heavy atom. The van der Waals surface area contributed by atoms with Crippen LogP contribution in [0.15, 0.2) is 47.0 Å². The summed E-state index contributed by atoms with van der Waals surface area (Å²) in [6.07, 6.45) is 7.18. The summed E-state index contributed by atoms with van der Waals surface area (Å²) < 4.78 is 5.57. The van der Waals surface area contributed by atoms with E-state index in [9.17, 15) is 4.79 Å². The Kier molecular flexibility index (Phi) is 4.49. The maximum absolute atomic E-state index is 12.9. The largest absolute Gasteiger partial charge is 0.456 e. The molecule has 6 heteroatoms. The highest BCUT2D eigenvalue weighted by molar-refractivity contribution is 5.91. The van der Waals surface area contributed by atoms with Crippen LogP contribution in [0.2, 0.25) is 0 Å². The molecule has 0 saturated carbocycles. The summed E-state index contributed by atoms with van der Waals surface area (Å²) in [5.41, 5.74) is 1.02. The average molecular weight is 390 g/mol. The van der Waals surface area contributed by atoms with Crippen molar-refractivity contribution in [3.8, 4) is 0 Å². The van der Waals surface area contributed by atoms with Gasteiger partial charge in [0.05, 0.1) is 5.52 Å². The highest BCUT2D eigenvalue weighted by atomic mass is 16.3. The number of benzene rings is 1. The van der Waals surface area contributed by atoms with Gasteiger partial charge in [-0.05, 0) is 57.2 Å². The molecular weight excluding hydrogens is 364 g/mol. The van der Waals surface area contributed by atoms with Gasteiger partial charge in [-0.2, -0.15) is 0 Å². The molecule has 2 fully saturated rings. The van der Waals surface area contributed by atoms with E-state index in [0.717, 1.165) is 74.3 Å². The molecule has 150 valence electrons. The van der Waals surface area contributed by atoms with Crippen LogP contribution in [0.1, 0.15) is 48.4 Å². The van der Waals surface area contributed by atoms with E-state index in [1.807, 2.05) is 48.4 Å². The molecule has 2 aromatic heterocycles. The number of nitrogens with zero attached hydrogens (tertiary/aromatic N) is 4. The van der Waals surface area contributed by atoms with Crippen molar-refractivity contribution in [2.45, 2.75) is 44.6 Å². The fourth-order valence-corrected chi connectivity index (χ4v) is 4.95. The molecule has 0 aliphatic carbocycles. The van der Waals surface area contributed by atoms with Gasteiger partial charge in [-0.15, -0.1) is 0 Å². The Bertz CT molecular complexity index is 1050. The summed E-state index contributed by atoms with van der Waals surface area (Å²) in [7, 11) is 0. The Labute approximate surface area is 170 Å². The lowest BCUT2D eigenvalue weighted by molar-refractivity contribution is 0.0726. The fraction of sp³-hybridized carbons (Fsp3) is 0.435. The summed E-state index contributed by atoms with van der Waals surface area (Å²) in [5, 5.41) is 1.07. The number of likely N-dealkylation sites (tertiary alicyclic amines) is 1. The molecule has 0 unspecified atom stereocenters. The molecule has 2 aliphatic heterocycles. The molecule has 2 saturated heterocycles. The molecule has 0 radical (unpaired) electrons. The number of aromatic nitrogens is 2. The maximum Gasteiger partial charge on any atom is 0.289 e. The van der Waals surface area contributed by atoms with Gasteiger partial charge in [-0.3, -0.25) is 4.79 Å². The SMILES string of the molecule is Cc1ccc(C(=O)N2CCC[C@]3(CCCN3c3ncc4ccccc4n3)CC2)o1. The number of hydrogen-bond donors (Lipinski definition) is 0. The van der Waals surface area contributed by atoms with Crippen molar-refractivity contribution in [3.63, 3.8) is 0 Å². The van der Waals surface area contributed by atoms with E-state index >= 15 is 0 Å². The van der Waals surface area contributed by atoms with Gasteiger partial charge in [0.15, 0.2) is 5.76 Å². The molecule has 4 heterocycles. The van der Waals surface area contributed by atoms with Crippen LogP contribution < -0.4 is 4.90 Å². The van der Waals surface area contributed by atoms with Crippen LogP contribution >= 0.6 is 0 Å². The van der Waals surface area contributed by atoms with E-state index < -0.39 is 0 Å². The number of amides is 1. The standard InChI is InChI=1S/C23H26N4O2/c1-17-8-9-20(29-17)21(28)26-13-4-10-23(12-15-26)11-5-14-27(23)22-24-16-18-6-2-3-7-19(18)25-22/h2-3,6-9,16H,4-5,10-15H2,1H3/t23-/m0/s1. The summed E-state index contributed by atoms with van der Waals surface area (Å²) in [6, 6.07) is 11.8. The molecule has 0 N–H and O–H groups in total. The Balaban J connectivity index is 1.38. The van der Waals surface area contributed by atoms with Crippen molar-refractivity contribution in [2.75, 3.05) is 24.5 Å².